The molecule has 0 unspecified atom stereocenters. The molecule has 0 heterocycles. The standard InChI is InChI=1S/C6HO.C5.Fe/c7-5-6-3-1-2-4-6;1-2-4-5-3-1;/h5H;;. The van der Waals surface area contributed by atoms with Gasteiger partial charge in [-0.2, -0.15) is 0 Å². The summed E-state index contributed by atoms with van der Waals surface area (Å²) in [5.74, 6) is 0.389. The van der Waals surface area contributed by atoms with Crippen LogP contribution in [0.4, 0.5) is 0 Å². The molecule has 0 spiro atoms. The van der Waals surface area contributed by atoms with Crippen molar-refractivity contribution < 1.29 is 21.9 Å². The van der Waals surface area contributed by atoms with Gasteiger partial charge in [0.05, 0.1) is 5.92 Å². The SMILES string of the molecule is O=C[C]1[C][C][C][C]1.[C]1[C][C][C][C]1.[Fe]. The number of rotatable bonds is 1. The third-order valence-electron chi connectivity index (χ3n) is 0.887. The number of hydrogen-bond donors (Lipinski definition) is 0. The second kappa shape index (κ2) is 8.77. The van der Waals surface area contributed by atoms with E-state index in [1.54, 1.807) is 0 Å². The van der Waals surface area contributed by atoms with Crippen molar-refractivity contribution in [1.29, 1.82) is 0 Å². The summed E-state index contributed by atoms with van der Waals surface area (Å²) >= 11 is 0. The molecule has 0 saturated heterocycles. The Morgan fingerprint density at radius 3 is 1.38 bits per heavy atom. The largest absolute Gasteiger partial charge is 0.303 e. The zero-order valence-electron chi connectivity index (χ0n) is 6.34. The van der Waals surface area contributed by atoms with Gasteiger partial charge in [-0.25, -0.2) is 0 Å². The Bertz CT molecular complexity index is 108. The van der Waals surface area contributed by atoms with Gasteiger partial charge in [0.15, 0.2) is 0 Å². The molecule has 19 radical (unpaired) electrons. The molecule has 0 amide bonds. The molecule has 0 N–H and O–H groups in total. The molecule has 1 nitrogen and oxygen atoms in total. The predicted octanol–water partition coefficient (Wildman–Crippen LogP) is 0.502. The van der Waals surface area contributed by atoms with E-state index in [4.69, 9.17) is 0 Å². The first-order valence-corrected chi connectivity index (χ1v) is 3.02. The van der Waals surface area contributed by atoms with E-state index in [2.05, 4.69) is 57.8 Å². The Labute approximate surface area is 92.1 Å². The van der Waals surface area contributed by atoms with Crippen LogP contribution in [0.15, 0.2) is 0 Å². The van der Waals surface area contributed by atoms with Crippen LogP contribution in [-0.4, -0.2) is 6.29 Å². The van der Waals surface area contributed by atoms with Gasteiger partial charge >= 0.3 is 0 Å². The first kappa shape index (κ1) is 13.2. The Balaban J connectivity index is 0.000000215. The van der Waals surface area contributed by atoms with Crippen LogP contribution in [0.5, 0.6) is 0 Å². The third-order valence-corrected chi connectivity index (χ3v) is 0.887. The number of hydrogen-bond acceptors (Lipinski definition) is 1. The average Bonchev–Trinajstić information content (AvgIpc) is 2.81. The molecular formula is C11HFeO. The molecule has 2 fully saturated rings. The van der Waals surface area contributed by atoms with E-state index in [1.807, 2.05) is 0 Å². The molecule has 2 aliphatic carbocycles. The summed E-state index contributed by atoms with van der Waals surface area (Å²) in [7, 11) is 0. The Hall–Kier alpha value is 0.189. The summed E-state index contributed by atoms with van der Waals surface area (Å²) in [6.07, 6.45) is 23.0. The zero-order chi connectivity index (χ0) is 8.65. The molecule has 13 heavy (non-hydrogen) atoms. The molecule has 0 atom stereocenters. The Morgan fingerprint density at radius 1 is 0.769 bits per heavy atom. The van der Waals surface area contributed by atoms with Crippen LogP contribution in [0, 0.1) is 63.7 Å². The molecular weight excluding hydrogens is 204 g/mol. The molecule has 0 aromatic rings. The van der Waals surface area contributed by atoms with Crippen LogP contribution >= 0.6 is 0 Å². The molecule has 0 bridgehead atoms. The molecule has 0 aliphatic heterocycles. The zero-order valence-corrected chi connectivity index (χ0v) is 7.44. The van der Waals surface area contributed by atoms with Crippen molar-refractivity contribution in [1.82, 2.24) is 0 Å². The van der Waals surface area contributed by atoms with Crippen molar-refractivity contribution in [3.63, 3.8) is 0 Å². The van der Waals surface area contributed by atoms with Gasteiger partial charge in [-0.15, -0.1) is 0 Å². The normalized spacial score (nSPS) is 21.5. The summed E-state index contributed by atoms with van der Waals surface area (Å²) in [6, 6.07) is 0. The number of carbonyl (C=O) groups is 1. The number of carbonyl (C=O) groups excluding carboxylic acids is 1. The van der Waals surface area contributed by atoms with E-state index in [-0.39, 0.29) is 17.1 Å². The van der Waals surface area contributed by atoms with Gasteiger partial charge in [0, 0.05) is 74.9 Å². The van der Waals surface area contributed by atoms with Crippen molar-refractivity contribution in [2.45, 2.75) is 0 Å². The van der Waals surface area contributed by atoms with Crippen molar-refractivity contribution >= 4 is 6.29 Å². The van der Waals surface area contributed by atoms with Gasteiger partial charge in [-0.1, -0.05) is 0 Å². The second-order valence-electron chi connectivity index (χ2n) is 1.66. The molecule has 2 rings (SSSR count). The Morgan fingerprint density at radius 2 is 1.15 bits per heavy atom. The van der Waals surface area contributed by atoms with Crippen LogP contribution < -0.4 is 0 Å². The molecule has 0 aromatic carbocycles. The summed E-state index contributed by atoms with van der Waals surface area (Å²) in [6.45, 7) is 0. The van der Waals surface area contributed by atoms with Gasteiger partial charge in [0.1, 0.15) is 6.29 Å². The minimum atomic E-state index is 0. The summed E-state index contributed by atoms with van der Waals surface area (Å²) in [5.41, 5.74) is 0. The van der Waals surface area contributed by atoms with E-state index in [0.29, 0.717) is 12.2 Å². The van der Waals surface area contributed by atoms with Gasteiger partial charge in [-0.3, -0.25) is 0 Å². The van der Waals surface area contributed by atoms with E-state index in [9.17, 15) is 4.79 Å². The maximum atomic E-state index is 9.77. The van der Waals surface area contributed by atoms with Crippen molar-refractivity contribution in [3.8, 4) is 0 Å². The van der Waals surface area contributed by atoms with Crippen molar-refractivity contribution in [3.05, 3.63) is 63.7 Å². The maximum absolute atomic E-state index is 9.77. The van der Waals surface area contributed by atoms with Crippen LogP contribution in [0.25, 0.3) is 0 Å². The molecule has 59 valence electrons. The second-order valence-corrected chi connectivity index (χ2v) is 1.66. The fourth-order valence-electron chi connectivity index (χ4n) is 0.444. The van der Waals surface area contributed by atoms with Crippen LogP contribution in [0.3, 0.4) is 0 Å². The van der Waals surface area contributed by atoms with Gasteiger partial charge in [-0.05, 0) is 0 Å². The Kier molecular flexibility index (Phi) is 8.90. The monoisotopic (exact) mass is 205 g/mol. The van der Waals surface area contributed by atoms with Gasteiger partial charge < -0.3 is 4.79 Å². The van der Waals surface area contributed by atoms with E-state index in [0.717, 1.165) is 0 Å². The molecule has 2 heteroatoms. The quantitative estimate of drug-likeness (QED) is 0.450. The van der Waals surface area contributed by atoms with E-state index < -0.39 is 0 Å². The van der Waals surface area contributed by atoms with Crippen LogP contribution in [0.1, 0.15) is 0 Å². The molecule has 2 saturated carbocycles. The summed E-state index contributed by atoms with van der Waals surface area (Å²) in [4.78, 5) is 9.77. The van der Waals surface area contributed by atoms with Crippen molar-refractivity contribution in [2.24, 2.45) is 0 Å². The molecule has 2 aliphatic rings. The number of aldehydes is 1. The maximum Gasteiger partial charge on any atom is 0.128 e. The minimum Gasteiger partial charge on any atom is -0.303 e. The topological polar surface area (TPSA) is 17.1 Å². The average molecular weight is 205 g/mol. The summed E-state index contributed by atoms with van der Waals surface area (Å²) in [5, 5.41) is 0. The minimum absolute atomic E-state index is 0. The first-order chi connectivity index (χ1) is 5.93. The first-order valence-electron chi connectivity index (χ1n) is 3.02. The fraction of sp³-hybridized carbons (Fsp3) is 0. The smallest absolute Gasteiger partial charge is 0.128 e. The summed E-state index contributed by atoms with van der Waals surface area (Å²) < 4.78 is 0. The van der Waals surface area contributed by atoms with E-state index >= 15 is 0 Å². The molecule has 0 aromatic heterocycles. The van der Waals surface area contributed by atoms with Crippen molar-refractivity contribution in [2.75, 3.05) is 0 Å². The van der Waals surface area contributed by atoms with Gasteiger partial charge in [0.2, 0.25) is 0 Å². The third kappa shape index (κ3) is 6.29. The van der Waals surface area contributed by atoms with Crippen LogP contribution in [-0.2, 0) is 21.9 Å². The fourth-order valence-corrected chi connectivity index (χ4v) is 0.444. The predicted molar refractivity (Wildman–Crippen MR) is 38.5 cm³/mol. The van der Waals surface area contributed by atoms with Gasteiger partial charge in [0.25, 0.3) is 0 Å². The van der Waals surface area contributed by atoms with Crippen LogP contribution in [0.2, 0.25) is 0 Å². The van der Waals surface area contributed by atoms with E-state index in [1.165, 1.54) is 0 Å².